The van der Waals surface area contributed by atoms with E-state index in [4.69, 9.17) is 15.7 Å². The van der Waals surface area contributed by atoms with Crippen molar-refractivity contribution in [2.24, 2.45) is 5.73 Å². The second-order valence-electron chi connectivity index (χ2n) is 5.98. The van der Waals surface area contributed by atoms with Gasteiger partial charge in [0.1, 0.15) is 17.5 Å². The molecule has 0 spiro atoms. The SMILES string of the molecule is NC(=O)CC(NS(=O)(=O)c1ccc2c(c1)Oc1ccccc1C2)C(=O)NO. The molecule has 0 saturated heterocycles. The number of hydrogen-bond donors (Lipinski definition) is 4. The Kier molecular flexibility index (Phi) is 5.13. The summed E-state index contributed by atoms with van der Waals surface area (Å²) in [5, 5.41) is 8.73. The van der Waals surface area contributed by atoms with Crippen LogP contribution in [0.5, 0.6) is 11.5 Å². The van der Waals surface area contributed by atoms with Gasteiger partial charge in [-0.3, -0.25) is 14.8 Å². The molecule has 0 radical (unpaired) electrons. The first-order valence-corrected chi connectivity index (χ1v) is 9.42. The number of benzene rings is 2. The largest absolute Gasteiger partial charge is 0.457 e. The maximum Gasteiger partial charge on any atom is 0.262 e. The van der Waals surface area contributed by atoms with Gasteiger partial charge in [0.2, 0.25) is 15.9 Å². The summed E-state index contributed by atoms with van der Waals surface area (Å²) in [4.78, 5) is 22.5. The van der Waals surface area contributed by atoms with Crippen molar-refractivity contribution >= 4 is 21.8 Å². The summed E-state index contributed by atoms with van der Waals surface area (Å²) >= 11 is 0. The van der Waals surface area contributed by atoms with E-state index in [0.717, 1.165) is 11.1 Å². The summed E-state index contributed by atoms with van der Waals surface area (Å²) in [7, 11) is -4.18. The molecule has 3 rings (SSSR count). The summed E-state index contributed by atoms with van der Waals surface area (Å²) in [6.07, 6.45) is -0.0169. The number of primary amides is 1. The van der Waals surface area contributed by atoms with E-state index >= 15 is 0 Å². The van der Waals surface area contributed by atoms with Crippen molar-refractivity contribution in [1.29, 1.82) is 0 Å². The van der Waals surface area contributed by atoms with Crippen LogP contribution in [0.15, 0.2) is 47.4 Å². The Bertz CT molecular complexity index is 1010. The molecule has 5 N–H and O–H groups in total. The average Bonchev–Trinajstić information content (AvgIpc) is 2.64. The van der Waals surface area contributed by atoms with Gasteiger partial charge >= 0.3 is 0 Å². The number of hydrogen-bond acceptors (Lipinski definition) is 6. The third-order valence-electron chi connectivity index (χ3n) is 4.05. The van der Waals surface area contributed by atoms with Crippen molar-refractivity contribution in [3.05, 3.63) is 53.6 Å². The van der Waals surface area contributed by atoms with Crippen molar-refractivity contribution < 1.29 is 28.0 Å². The number of nitrogens with two attached hydrogens (primary N) is 1. The minimum atomic E-state index is -4.18. The lowest BCUT2D eigenvalue weighted by Crippen LogP contribution is -2.47. The molecular weight excluding hydrogens is 374 g/mol. The second-order valence-corrected chi connectivity index (χ2v) is 7.69. The van der Waals surface area contributed by atoms with Gasteiger partial charge in [-0.25, -0.2) is 13.9 Å². The molecule has 2 amide bonds. The molecule has 1 unspecified atom stereocenters. The second kappa shape index (κ2) is 7.35. The fourth-order valence-electron chi connectivity index (χ4n) is 2.74. The Hall–Kier alpha value is -2.95. The smallest absolute Gasteiger partial charge is 0.262 e. The van der Waals surface area contributed by atoms with Crippen LogP contribution in [0.2, 0.25) is 0 Å². The Labute approximate surface area is 155 Å². The fourth-order valence-corrected chi connectivity index (χ4v) is 3.95. The van der Waals surface area contributed by atoms with Gasteiger partial charge in [-0.05, 0) is 23.3 Å². The quantitative estimate of drug-likeness (QED) is 0.353. The molecule has 1 aliphatic rings. The lowest BCUT2D eigenvalue weighted by molar-refractivity contribution is -0.133. The van der Waals surface area contributed by atoms with Crippen molar-refractivity contribution in [3.63, 3.8) is 0 Å². The van der Waals surface area contributed by atoms with Gasteiger partial charge < -0.3 is 10.5 Å². The Balaban J connectivity index is 1.88. The first kappa shape index (κ1) is 18.8. The predicted molar refractivity (Wildman–Crippen MR) is 93.6 cm³/mol. The molecule has 0 aliphatic carbocycles. The number of sulfonamides is 1. The topological polar surface area (TPSA) is 148 Å². The van der Waals surface area contributed by atoms with Crippen molar-refractivity contribution in [2.75, 3.05) is 0 Å². The zero-order valence-electron chi connectivity index (χ0n) is 14.0. The summed E-state index contributed by atoms with van der Waals surface area (Å²) < 4.78 is 33.0. The van der Waals surface area contributed by atoms with Crippen LogP contribution in [0, 0.1) is 0 Å². The highest BCUT2D eigenvalue weighted by Gasteiger charge is 2.28. The number of para-hydroxylation sites is 1. The van der Waals surface area contributed by atoms with E-state index in [-0.39, 0.29) is 4.90 Å². The van der Waals surface area contributed by atoms with Crippen LogP contribution in [0.1, 0.15) is 17.5 Å². The van der Waals surface area contributed by atoms with Gasteiger partial charge in [-0.15, -0.1) is 0 Å². The number of amides is 2. The highest BCUT2D eigenvalue weighted by molar-refractivity contribution is 7.89. The number of ether oxygens (including phenoxy) is 1. The van der Waals surface area contributed by atoms with E-state index in [1.807, 2.05) is 18.2 Å². The Morgan fingerprint density at radius 3 is 2.56 bits per heavy atom. The van der Waals surface area contributed by atoms with E-state index < -0.39 is 34.3 Å². The molecular formula is C17H17N3O6S. The van der Waals surface area contributed by atoms with Crippen LogP contribution in [0.25, 0.3) is 0 Å². The summed E-state index contributed by atoms with van der Waals surface area (Å²) in [5.74, 6) is -0.981. The number of carbonyl (C=O) groups excluding carboxylic acids is 2. The predicted octanol–water partition coefficient (Wildman–Crippen LogP) is 0.411. The molecule has 0 fully saturated rings. The molecule has 1 atom stereocenters. The van der Waals surface area contributed by atoms with E-state index in [9.17, 15) is 18.0 Å². The minimum Gasteiger partial charge on any atom is -0.457 e. The van der Waals surface area contributed by atoms with E-state index in [2.05, 4.69) is 4.72 Å². The fraction of sp³-hybridized carbons (Fsp3) is 0.176. The zero-order valence-corrected chi connectivity index (χ0v) is 14.8. The van der Waals surface area contributed by atoms with E-state index in [1.54, 1.807) is 12.1 Å². The van der Waals surface area contributed by atoms with Crippen LogP contribution in [-0.2, 0) is 26.0 Å². The number of hydroxylamine groups is 1. The molecule has 9 nitrogen and oxygen atoms in total. The van der Waals surface area contributed by atoms with Gasteiger partial charge in [0.15, 0.2) is 0 Å². The van der Waals surface area contributed by atoms with Gasteiger partial charge in [0.25, 0.3) is 5.91 Å². The lowest BCUT2D eigenvalue weighted by Gasteiger charge is -2.21. The minimum absolute atomic E-state index is 0.152. The van der Waals surface area contributed by atoms with Gasteiger partial charge in [0, 0.05) is 12.5 Å². The summed E-state index contributed by atoms with van der Waals surface area (Å²) in [6, 6.07) is 10.2. The average molecular weight is 391 g/mol. The highest BCUT2D eigenvalue weighted by atomic mass is 32.2. The van der Waals surface area contributed by atoms with Crippen LogP contribution >= 0.6 is 0 Å². The molecule has 2 aromatic rings. The summed E-state index contributed by atoms with van der Waals surface area (Å²) in [6.45, 7) is 0. The molecule has 1 heterocycles. The molecule has 0 saturated carbocycles. The molecule has 142 valence electrons. The first-order chi connectivity index (χ1) is 12.8. The monoisotopic (exact) mass is 391 g/mol. The van der Waals surface area contributed by atoms with Gasteiger partial charge in [-0.2, -0.15) is 4.72 Å². The molecule has 0 bridgehead atoms. The van der Waals surface area contributed by atoms with Crippen LogP contribution in [0.3, 0.4) is 0 Å². The highest BCUT2D eigenvalue weighted by Crippen LogP contribution is 2.37. The molecule has 1 aliphatic heterocycles. The number of carbonyl (C=O) groups is 2. The molecule has 2 aromatic carbocycles. The number of fused-ring (bicyclic) bond motifs is 2. The van der Waals surface area contributed by atoms with Gasteiger partial charge in [0.05, 0.1) is 11.3 Å². The molecule has 0 aromatic heterocycles. The first-order valence-electron chi connectivity index (χ1n) is 7.93. The third-order valence-corrected chi connectivity index (χ3v) is 5.52. The summed E-state index contributed by atoms with van der Waals surface area (Å²) in [5.41, 5.74) is 8.13. The third kappa shape index (κ3) is 4.08. The van der Waals surface area contributed by atoms with Crippen molar-refractivity contribution in [3.8, 4) is 11.5 Å². The van der Waals surface area contributed by atoms with E-state index in [0.29, 0.717) is 17.9 Å². The van der Waals surface area contributed by atoms with Crippen molar-refractivity contribution in [1.82, 2.24) is 10.2 Å². The number of nitrogens with one attached hydrogen (secondary N) is 2. The Morgan fingerprint density at radius 2 is 1.85 bits per heavy atom. The molecule has 10 heteroatoms. The zero-order chi connectivity index (χ0) is 19.6. The number of rotatable bonds is 6. The standard InChI is InChI=1S/C17H17N3O6S/c18-16(21)9-13(17(22)19-23)20-27(24,25)12-6-5-11-7-10-3-1-2-4-14(10)26-15(11)8-12/h1-6,8,13,20,23H,7,9H2,(H2,18,21)(H,19,22). The molecule has 27 heavy (non-hydrogen) atoms. The van der Waals surface area contributed by atoms with Crippen LogP contribution in [0.4, 0.5) is 0 Å². The van der Waals surface area contributed by atoms with E-state index in [1.165, 1.54) is 17.6 Å². The normalized spacial score (nSPS) is 13.7. The van der Waals surface area contributed by atoms with Crippen molar-refractivity contribution in [2.45, 2.75) is 23.8 Å². The van der Waals surface area contributed by atoms with Crippen LogP contribution < -0.4 is 20.7 Å². The maximum absolute atomic E-state index is 12.6. The Morgan fingerprint density at radius 1 is 1.15 bits per heavy atom. The van der Waals surface area contributed by atoms with Gasteiger partial charge in [-0.1, -0.05) is 24.3 Å². The van der Waals surface area contributed by atoms with Crippen LogP contribution in [-0.4, -0.2) is 31.5 Å². The maximum atomic E-state index is 12.6. The lowest BCUT2D eigenvalue weighted by atomic mass is 10.0.